The lowest BCUT2D eigenvalue weighted by molar-refractivity contribution is 0.177. The molecular formula is C12H11N3O2. The third-order valence-corrected chi connectivity index (χ3v) is 2.78. The quantitative estimate of drug-likeness (QED) is 0.825. The number of nitrogens with zero attached hydrogens (tertiary/aromatic N) is 1. The minimum absolute atomic E-state index is 0.128. The molecule has 1 unspecified atom stereocenters. The third kappa shape index (κ3) is 1.75. The fraction of sp³-hybridized carbons (Fsp3) is 0.167. The van der Waals surface area contributed by atoms with E-state index in [0.29, 0.717) is 6.61 Å². The summed E-state index contributed by atoms with van der Waals surface area (Å²) in [4.78, 5) is 11.0. The van der Waals surface area contributed by atoms with Crippen molar-refractivity contribution in [2.45, 2.75) is 6.04 Å². The number of hydrogen-bond donors (Lipinski definition) is 2. The summed E-state index contributed by atoms with van der Waals surface area (Å²) in [6, 6.07) is 9.74. The maximum Gasteiger partial charge on any atom is 0.407 e. The van der Waals surface area contributed by atoms with Crippen LogP contribution in [-0.4, -0.2) is 22.9 Å². The molecule has 5 heteroatoms. The van der Waals surface area contributed by atoms with E-state index in [1.165, 1.54) is 0 Å². The van der Waals surface area contributed by atoms with Gasteiger partial charge in [-0.25, -0.2) is 4.79 Å². The van der Waals surface area contributed by atoms with Crippen LogP contribution in [0.2, 0.25) is 0 Å². The first kappa shape index (κ1) is 9.89. The van der Waals surface area contributed by atoms with Crippen LogP contribution >= 0.6 is 0 Å². The number of rotatable bonds is 2. The molecule has 0 saturated carbocycles. The van der Waals surface area contributed by atoms with Gasteiger partial charge >= 0.3 is 6.09 Å². The number of carbonyl (C=O) groups is 1. The number of alkyl carbamates (subject to hydrolysis) is 1. The van der Waals surface area contributed by atoms with Crippen LogP contribution in [0, 0.1) is 0 Å². The van der Waals surface area contributed by atoms with E-state index < -0.39 is 0 Å². The fourth-order valence-electron chi connectivity index (χ4n) is 1.95. The van der Waals surface area contributed by atoms with Gasteiger partial charge in [0.25, 0.3) is 0 Å². The van der Waals surface area contributed by atoms with Gasteiger partial charge in [0.15, 0.2) is 0 Å². The van der Waals surface area contributed by atoms with Gasteiger partial charge in [-0.3, -0.25) is 5.10 Å². The predicted octanol–water partition coefficient (Wildman–Crippen LogP) is 1.86. The lowest BCUT2D eigenvalue weighted by atomic mass is 10.0. The molecule has 1 aromatic heterocycles. The van der Waals surface area contributed by atoms with Crippen molar-refractivity contribution in [1.29, 1.82) is 0 Å². The predicted molar refractivity (Wildman–Crippen MR) is 61.2 cm³/mol. The second kappa shape index (κ2) is 3.93. The molecule has 1 aromatic carbocycles. The monoisotopic (exact) mass is 229 g/mol. The molecule has 0 bridgehead atoms. The normalized spacial score (nSPS) is 18.8. The van der Waals surface area contributed by atoms with Crippen LogP contribution in [0.4, 0.5) is 4.79 Å². The van der Waals surface area contributed by atoms with Gasteiger partial charge in [0, 0.05) is 5.56 Å². The highest BCUT2D eigenvalue weighted by atomic mass is 16.6. The summed E-state index contributed by atoms with van der Waals surface area (Å²) in [5.41, 5.74) is 2.91. The largest absolute Gasteiger partial charge is 0.447 e. The van der Waals surface area contributed by atoms with E-state index in [1.54, 1.807) is 6.20 Å². The molecule has 3 rings (SSSR count). The maximum atomic E-state index is 11.0. The zero-order valence-corrected chi connectivity index (χ0v) is 9.01. The molecular weight excluding hydrogens is 218 g/mol. The van der Waals surface area contributed by atoms with E-state index in [1.807, 2.05) is 30.3 Å². The summed E-state index contributed by atoms with van der Waals surface area (Å²) in [5.74, 6) is 0. The zero-order chi connectivity index (χ0) is 11.7. The Morgan fingerprint density at radius 3 is 2.82 bits per heavy atom. The Bertz CT molecular complexity index is 536. The first-order chi connectivity index (χ1) is 8.34. The average molecular weight is 229 g/mol. The van der Waals surface area contributed by atoms with Crippen LogP contribution in [0.5, 0.6) is 0 Å². The summed E-state index contributed by atoms with van der Waals surface area (Å²) in [7, 11) is 0. The summed E-state index contributed by atoms with van der Waals surface area (Å²) in [5, 5.41) is 9.74. The number of aromatic amines is 1. The second-order valence-electron chi connectivity index (χ2n) is 3.86. The summed E-state index contributed by atoms with van der Waals surface area (Å²) in [6.07, 6.45) is 1.34. The second-order valence-corrected chi connectivity index (χ2v) is 3.86. The molecule has 5 nitrogen and oxygen atoms in total. The number of amides is 1. The van der Waals surface area contributed by atoms with Crippen molar-refractivity contribution in [3.63, 3.8) is 0 Å². The molecule has 17 heavy (non-hydrogen) atoms. The Kier molecular flexibility index (Phi) is 2.29. The van der Waals surface area contributed by atoms with Crippen LogP contribution in [0.15, 0.2) is 36.5 Å². The Labute approximate surface area is 97.8 Å². The molecule has 1 fully saturated rings. The van der Waals surface area contributed by atoms with E-state index >= 15 is 0 Å². The Morgan fingerprint density at radius 2 is 2.12 bits per heavy atom. The Balaban J connectivity index is 1.97. The number of cyclic esters (lactones) is 1. The van der Waals surface area contributed by atoms with Crippen molar-refractivity contribution in [2.75, 3.05) is 6.61 Å². The molecule has 0 radical (unpaired) electrons. The number of aromatic nitrogens is 2. The van der Waals surface area contributed by atoms with E-state index in [0.717, 1.165) is 16.8 Å². The molecule has 1 aliphatic heterocycles. The molecule has 1 saturated heterocycles. The SMILES string of the molecule is O=C1NC(c2cn[nH]c2-c2ccccc2)CO1. The Morgan fingerprint density at radius 1 is 1.29 bits per heavy atom. The first-order valence-corrected chi connectivity index (χ1v) is 5.36. The van der Waals surface area contributed by atoms with Crippen LogP contribution < -0.4 is 5.32 Å². The van der Waals surface area contributed by atoms with Gasteiger partial charge in [-0.2, -0.15) is 5.10 Å². The van der Waals surface area contributed by atoms with E-state index in [4.69, 9.17) is 4.74 Å². The van der Waals surface area contributed by atoms with Crippen molar-refractivity contribution >= 4 is 6.09 Å². The highest BCUT2D eigenvalue weighted by Crippen LogP contribution is 2.27. The number of carbonyl (C=O) groups excluding carboxylic acids is 1. The zero-order valence-electron chi connectivity index (χ0n) is 9.01. The number of ether oxygens (including phenoxy) is 1. The summed E-state index contributed by atoms with van der Waals surface area (Å²) >= 11 is 0. The van der Waals surface area contributed by atoms with Crippen molar-refractivity contribution in [1.82, 2.24) is 15.5 Å². The first-order valence-electron chi connectivity index (χ1n) is 5.36. The molecule has 1 aliphatic rings. The van der Waals surface area contributed by atoms with Crippen molar-refractivity contribution < 1.29 is 9.53 Å². The highest BCUT2D eigenvalue weighted by molar-refractivity contribution is 5.72. The van der Waals surface area contributed by atoms with Crippen LogP contribution in [0.25, 0.3) is 11.3 Å². The van der Waals surface area contributed by atoms with Crippen molar-refractivity contribution in [3.8, 4) is 11.3 Å². The fourth-order valence-corrected chi connectivity index (χ4v) is 1.95. The van der Waals surface area contributed by atoms with Crippen molar-refractivity contribution in [2.24, 2.45) is 0 Å². The summed E-state index contributed by atoms with van der Waals surface area (Å²) < 4.78 is 4.89. The van der Waals surface area contributed by atoms with Gasteiger partial charge in [-0.05, 0) is 5.56 Å². The smallest absolute Gasteiger partial charge is 0.407 e. The average Bonchev–Trinajstić information content (AvgIpc) is 2.98. The van der Waals surface area contributed by atoms with Gasteiger partial charge in [-0.15, -0.1) is 0 Å². The number of nitrogens with one attached hydrogen (secondary N) is 2. The third-order valence-electron chi connectivity index (χ3n) is 2.78. The highest BCUT2D eigenvalue weighted by Gasteiger charge is 2.27. The minimum Gasteiger partial charge on any atom is -0.447 e. The van der Waals surface area contributed by atoms with E-state index in [9.17, 15) is 4.79 Å². The van der Waals surface area contributed by atoms with Crippen LogP contribution in [0.3, 0.4) is 0 Å². The molecule has 2 N–H and O–H groups in total. The van der Waals surface area contributed by atoms with Gasteiger partial charge in [0.2, 0.25) is 0 Å². The molecule has 0 aliphatic carbocycles. The molecule has 1 atom stereocenters. The van der Waals surface area contributed by atoms with Gasteiger partial charge in [0.1, 0.15) is 6.61 Å². The topological polar surface area (TPSA) is 67.0 Å². The molecule has 2 heterocycles. The van der Waals surface area contributed by atoms with E-state index in [2.05, 4.69) is 15.5 Å². The molecule has 0 spiro atoms. The minimum atomic E-state index is -0.379. The summed E-state index contributed by atoms with van der Waals surface area (Å²) in [6.45, 7) is 0.345. The maximum absolute atomic E-state index is 11.0. The van der Waals surface area contributed by atoms with Gasteiger partial charge in [0.05, 0.1) is 17.9 Å². The van der Waals surface area contributed by atoms with Crippen molar-refractivity contribution in [3.05, 3.63) is 42.1 Å². The lowest BCUT2D eigenvalue weighted by Gasteiger charge is -2.07. The number of hydrogen-bond acceptors (Lipinski definition) is 3. The lowest BCUT2D eigenvalue weighted by Crippen LogP contribution is -2.18. The van der Waals surface area contributed by atoms with Crippen LogP contribution in [0.1, 0.15) is 11.6 Å². The Hall–Kier alpha value is -2.30. The van der Waals surface area contributed by atoms with Gasteiger partial charge < -0.3 is 10.1 Å². The van der Waals surface area contributed by atoms with Crippen LogP contribution in [-0.2, 0) is 4.74 Å². The molecule has 1 amide bonds. The number of H-pyrrole nitrogens is 1. The molecule has 2 aromatic rings. The number of benzene rings is 1. The van der Waals surface area contributed by atoms with E-state index in [-0.39, 0.29) is 12.1 Å². The van der Waals surface area contributed by atoms with Gasteiger partial charge in [-0.1, -0.05) is 30.3 Å². The molecule has 86 valence electrons. The standard InChI is InChI=1S/C12H11N3O2/c16-12-14-10(7-17-12)9-6-13-15-11(9)8-4-2-1-3-5-8/h1-6,10H,7H2,(H,13,15)(H,14,16).